The van der Waals surface area contributed by atoms with Gasteiger partial charge in [-0.2, -0.15) is 12.6 Å². The van der Waals surface area contributed by atoms with Crippen LogP contribution in [0.4, 0.5) is 4.79 Å². The van der Waals surface area contributed by atoms with Gasteiger partial charge in [-0.1, -0.05) is 30.3 Å². The molecule has 76 valence electrons. The first-order chi connectivity index (χ1) is 6.83. The molecule has 0 radical (unpaired) electrons. The summed E-state index contributed by atoms with van der Waals surface area (Å²) in [4.78, 5) is 11.0. The second-order valence-corrected chi connectivity index (χ2v) is 3.15. The highest BCUT2D eigenvalue weighted by molar-refractivity contribution is 7.80. The van der Waals surface area contributed by atoms with Gasteiger partial charge < -0.3 is 10.1 Å². The van der Waals surface area contributed by atoms with Gasteiger partial charge in [0.25, 0.3) is 0 Å². The van der Waals surface area contributed by atoms with Crippen LogP contribution in [0.15, 0.2) is 30.3 Å². The minimum absolute atomic E-state index is 0.337. The van der Waals surface area contributed by atoms with E-state index in [1.54, 1.807) is 0 Å². The first-order valence-corrected chi connectivity index (χ1v) is 5.01. The fourth-order valence-electron chi connectivity index (χ4n) is 0.959. The fraction of sp³-hybridized carbons (Fsp3) is 0.300. The first kappa shape index (κ1) is 10.9. The van der Waals surface area contributed by atoms with Crippen molar-refractivity contribution in [1.82, 2.24) is 5.32 Å². The van der Waals surface area contributed by atoms with E-state index < -0.39 is 6.09 Å². The third-order valence-electron chi connectivity index (χ3n) is 1.60. The molecule has 0 aromatic heterocycles. The SMILES string of the molecule is O=C(NCc1ccccc1)OCCS. The average molecular weight is 211 g/mol. The number of alkyl carbamates (subject to hydrolysis) is 1. The largest absolute Gasteiger partial charge is 0.449 e. The minimum atomic E-state index is -0.400. The maximum Gasteiger partial charge on any atom is 0.407 e. The van der Waals surface area contributed by atoms with Crippen LogP contribution in [-0.4, -0.2) is 18.5 Å². The lowest BCUT2D eigenvalue weighted by Gasteiger charge is -2.05. The number of carbonyl (C=O) groups excluding carboxylic acids is 1. The van der Waals surface area contributed by atoms with Crippen molar-refractivity contribution in [1.29, 1.82) is 0 Å². The molecule has 0 spiro atoms. The van der Waals surface area contributed by atoms with Crippen molar-refractivity contribution >= 4 is 18.7 Å². The van der Waals surface area contributed by atoms with Gasteiger partial charge in [0.1, 0.15) is 6.61 Å². The van der Waals surface area contributed by atoms with E-state index in [1.807, 2.05) is 30.3 Å². The molecule has 1 rings (SSSR count). The van der Waals surface area contributed by atoms with Gasteiger partial charge in [-0.15, -0.1) is 0 Å². The van der Waals surface area contributed by atoms with E-state index in [-0.39, 0.29) is 0 Å². The van der Waals surface area contributed by atoms with Crippen molar-refractivity contribution < 1.29 is 9.53 Å². The molecule has 0 heterocycles. The van der Waals surface area contributed by atoms with Crippen LogP contribution in [0.5, 0.6) is 0 Å². The molecule has 1 amide bonds. The van der Waals surface area contributed by atoms with Crippen LogP contribution in [0.2, 0.25) is 0 Å². The van der Waals surface area contributed by atoms with Crippen molar-refractivity contribution in [2.24, 2.45) is 0 Å². The predicted octanol–water partition coefficient (Wildman–Crippen LogP) is 1.84. The highest BCUT2D eigenvalue weighted by atomic mass is 32.1. The van der Waals surface area contributed by atoms with Crippen molar-refractivity contribution in [2.45, 2.75) is 6.54 Å². The number of hydrogen-bond acceptors (Lipinski definition) is 3. The number of amides is 1. The van der Waals surface area contributed by atoms with Crippen molar-refractivity contribution in [2.75, 3.05) is 12.4 Å². The van der Waals surface area contributed by atoms with Gasteiger partial charge >= 0.3 is 6.09 Å². The van der Waals surface area contributed by atoms with E-state index in [1.165, 1.54) is 0 Å². The maximum atomic E-state index is 11.0. The third-order valence-corrected chi connectivity index (χ3v) is 1.79. The topological polar surface area (TPSA) is 38.3 Å². The molecule has 0 fully saturated rings. The van der Waals surface area contributed by atoms with Gasteiger partial charge in [0.2, 0.25) is 0 Å². The highest BCUT2D eigenvalue weighted by Gasteiger charge is 1.99. The van der Waals surface area contributed by atoms with Crippen LogP contribution in [0.3, 0.4) is 0 Å². The van der Waals surface area contributed by atoms with E-state index in [2.05, 4.69) is 17.9 Å². The van der Waals surface area contributed by atoms with E-state index in [0.717, 1.165) is 5.56 Å². The molecule has 1 aromatic rings. The summed E-state index contributed by atoms with van der Waals surface area (Å²) in [6.07, 6.45) is -0.400. The zero-order valence-corrected chi connectivity index (χ0v) is 8.67. The Kier molecular flexibility index (Phi) is 4.93. The Morgan fingerprint density at radius 3 is 2.71 bits per heavy atom. The predicted molar refractivity (Wildman–Crippen MR) is 58.5 cm³/mol. The molecule has 14 heavy (non-hydrogen) atoms. The number of hydrogen-bond donors (Lipinski definition) is 2. The van der Waals surface area contributed by atoms with Gasteiger partial charge in [0, 0.05) is 12.3 Å². The number of rotatable bonds is 4. The quantitative estimate of drug-likeness (QED) is 0.746. The first-order valence-electron chi connectivity index (χ1n) is 4.38. The Labute approximate surface area is 88.9 Å². The summed E-state index contributed by atoms with van der Waals surface area (Å²) >= 11 is 3.93. The Hall–Kier alpha value is -1.16. The molecule has 0 aliphatic carbocycles. The summed E-state index contributed by atoms with van der Waals surface area (Å²) < 4.78 is 4.79. The van der Waals surface area contributed by atoms with Crippen LogP contribution in [-0.2, 0) is 11.3 Å². The number of thiol groups is 1. The number of benzene rings is 1. The zero-order valence-electron chi connectivity index (χ0n) is 7.77. The van der Waals surface area contributed by atoms with Crippen molar-refractivity contribution in [3.8, 4) is 0 Å². The molecule has 3 nitrogen and oxygen atoms in total. The lowest BCUT2D eigenvalue weighted by Crippen LogP contribution is -2.24. The Morgan fingerprint density at radius 1 is 1.36 bits per heavy atom. The summed E-state index contributed by atoms with van der Waals surface area (Å²) in [5, 5.41) is 2.64. The maximum absolute atomic E-state index is 11.0. The molecule has 0 aliphatic rings. The normalized spacial score (nSPS) is 9.50. The van der Waals surface area contributed by atoms with Crippen LogP contribution in [0, 0.1) is 0 Å². The van der Waals surface area contributed by atoms with Gasteiger partial charge in [0.05, 0.1) is 0 Å². The molecule has 4 heteroatoms. The van der Waals surface area contributed by atoms with Crippen LogP contribution < -0.4 is 5.32 Å². The highest BCUT2D eigenvalue weighted by Crippen LogP contribution is 1.97. The van der Waals surface area contributed by atoms with Crippen LogP contribution >= 0.6 is 12.6 Å². The summed E-state index contributed by atoms with van der Waals surface area (Å²) in [7, 11) is 0. The fourth-order valence-corrected chi connectivity index (χ4v) is 1.05. The van der Waals surface area contributed by atoms with E-state index in [9.17, 15) is 4.79 Å². The summed E-state index contributed by atoms with van der Waals surface area (Å²) in [6.45, 7) is 0.829. The van der Waals surface area contributed by atoms with E-state index in [4.69, 9.17) is 4.74 Å². The van der Waals surface area contributed by atoms with Crippen molar-refractivity contribution in [3.63, 3.8) is 0 Å². The number of ether oxygens (including phenoxy) is 1. The number of nitrogens with one attached hydrogen (secondary N) is 1. The third kappa shape index (κ3) is 4.18. The average Bonchev–Trinajstić information content (AvgIpc) is 2.25. The smallest absolute Gasteiger partial charge is 0.407 e. The van der Waals surface area contributed by atoms with Gasteiger partial charge in [-0.3, -0.25) is 0 Å². The zero-order chi connectivity index (χ0) is 10.2. The molecule has 0 atom stereocenters. The summed E-state index contributed by atoms with van der Waals surface area (Å²) in [6, 6.07) is 9.67. The second kappa shape index (κ2) is 6.32. The molecule has 0 saturated heterocycles. The minimum Gasteiger partial charge on any atom is -0.449 e. The Balaban J connectivity index is 2.24. The number of carbonyl (C=O) groups is 1. The molecule has 0 saturated carbocycles. The Morgan fingerprint density at radius 2 is 2.07 bits per heavy atom. The molecule has 0 bridgehead atoms. The lowest BCUT2D eigenvalue weighted by atomic mass is 10.2. The molecule has 1 aromatic carbocycles. The second-order valence-electron chi connectivity index (χ2n) is 2.70. The molecular formula is C10H13NO2S. The summed E-state index contributed by atoms with van der Waals surface area (Å²) in [5.74, 6) is 0.540. The van der Waals surface area contributed by atoms with Gasteiger partial charge in [-0.25, -0.2) is 4.79 Å². The van der Waals surface area contributed by atoms with Gasteiger partial charge in [-0.05, 0) is 5.56 Å². The molecular weight excluding hydrogens is 198 g/mol. The van der Waals surface area contributed by atoms with Crippen LogP contribution in [0.1, 0.15) is 5.56 Å². The van der Waals surface area contributed by atoms with E-state index in [0.29, 0.717) is 18.9 Å². The standard InChI is InChI=1S/C10H13NO2S/c12-10(13-6-7-14)11-8-9-4-2-1-3-5-9/h1-5,14H,6-8H2,(H,11,12). The summed E-state index contributed by atoms with van der Waals surface area (Å²) in [5.41, 5.74) is 1.05. The van der Waals surface area contributed by atoms with Crippen molar-refractivity contribution in [3.05, 3.63) is 35.9 Å². The Bertz CT molecular complexity index is 277. The molecule has 0 unspecified atom stereocenters. The van der Waals surface area contributed by atoms with Gasteiger partial charge in [0.15, 0.2) is 0 Å². The molecule has 0 aliphatic heterocycles. The molecule has 1 N–H and O–H groups in total. The monoisotopic (exact) mass is 211 g/mol. The lowest BCUT2D eigenvalue weighted by molar-refractivity contribution is 0.153. The van der Waals surface area contributed by atoms with Crippen LogP contribution in [0.25, 0.3) is 0 Å². The van der Waals surface area contributed by atoms with E-state index >= 15 is 0 Å².